The van der Waals surface area contributed by atoms with Crippen molar-refractivity contribution in [1.82, 2.24) is 5.32 Å². The van der Waals surface area contributed by atoms with Crippen LogP contribution >= 0.6 is 11.6 Å². The fourth-order valence-electron chi connectivity index (χ4n) is 2.36. The van der Waals surface area contributed by atoms with Gasteiger partial charge < -0.3 is 5.32 Å². The van der Waals surface area contributed by atoms with E-state index >= 15 is 0 Å². The molecule has 0 aliphatic heterocycles. The lowest BCUT2D eigenvalue weighted by atomic mass is 10.0. The normalized spacial score (nSPS) is 17.1. The van der Waals surface area contributed by atoms with Gasteiger partial charge in [0, 0.05) is 11.1 Å². The van der Waals surface area contributed by atoms with Gasteiger partial charge in [-0.1, -0.05) is 43.5 Å². The molecule has 1 aromatic rings. The van der Waals surface area contributed by atoms with Crippen LogP contribution in [0.4, 0.5) is 0 Å². The van der Waals surface area contributed by atoms with Crippen LogP contribution in [0.25, 0.3) is 0 Å². The molecule has 1 aromatic carbocycles. The highest BCUT2D eigenvalue weighted by atomic mass is 35.5. The van der Waals surface area contributed by atoms with Crippen LogP contribution in [0.2, 0.25) is 5.02 Å². The molecule has 0 amide bonds. The number of benzene rings is 1. The number of likely N-dealkylation sites (N-methyl/N-ethyl adjacent to an activating group) is 1. The molecule has 1 N–H and O–H groups in total. The Balaban J connectivity index is 1.86. The largest absolute Gasteiger partial charge is 0.314 e. The summed E-state index contributed by atoms with van der Waals surface area (Å²) >= 11 is 6.02. The van der Waals surface area contributed by atoms with Crippen molar-refractivity contribution in [3.63, 3.8) is 0 Å². The van der Waals surface area contributed by atoms with Crippen molar-refractivity contribution in [2.24, 2.45) is 5.92 Å². The van der Waals surface area contributed by atoms with Gasteiger partial charge in [-0.3, -0.25) is 0 Å². The minimum atomic E-state index is 0.610. The zero-order valence-electron chi connectivity index (χ0n) is 10.6. The molecule has 0 aromatic heterocycles. The van der Waals surface area contributed by atoms with E-state index in [-0.39, 0.29) is 0 Å². The van der Waals surface area contributed by atoms with Crippen molar-refractivity contribution in [1.29, 1.82) is 0 Å². The highest BCUT2D eigenvalue weighted by Crippen LogP contribution is 2.34. The van der Waals surface area contributed by atoms with Crippen LogP contribution in [0.3, 0.4) is 0 Å². The summed E-state index contributed by atoms with van der Waals surface area (Å²) in [6.45, 7) is 3.23. The Morgan fingerprint density at radius 3 is 2.88 bits per heavy atom. The van der Waals surface area contributed by atoms with E-state index in [2.05, 4.69) is 24.4 Å². The third-order valence-electron chi connectivity index (χ3n) is 3.48. The fourth-order valence-corrected chi connectivity index (χ4v) is 2.57. The molecule has 1 nitrogen and oxygen atoms in total. The minimum Gasteiger partial charge on any atom is -0.314 e. The molecule has 1 saturated carbocycles. The summed E-state index contributed by atoms with van der Waals surface area (Å²) in [7, 11) is 0. The molecule has 1 unspecified atom stereocenters. The second kappa shape index (κ2) is 6.42. The van der Waals surface area contributed by atoms with Gasteiger partial charge in [-0.2, -0.15) is 0 Å². The van der Waals surface area contributed by atoms with Gasteiger partial charge in [0.2, 0.25) is 0 Å². The van der Waals surface area contributed by atoms with E-state index < -0.39 is 0 Å². The Morgan fingerprint density at radius 1 is 1.41 bits per heavy atom. The van der Waals surface area contributed by atoms with E-state index in [0.717, 1.165) is 23.9 Å². The maximum absolute atomic E-state index is 6.02. The Kier molecular flexibility index (Phi) is 4.87. The zero-order chi connectivity index (χ0) is 12.1. The molecular weight excluding hydrogens is 230 g/mol. The van der Waals surface area contributed by atoms with Crippen LogP contribution in [0, 0.1) is 5.92 Å². The summed E-state index contributed by atoms with van der Waals surface area (Å²) in [5.74, 6) is 1.02. The Hall–Kier alpha value is -0.530. The number of halogens is 1. The highest BCUT2D eigenvalue weighted by Gasteiger charge is 2.22. The second-order valence-electron chi connectivity index (χ2n) is 5.11. The summed E-state index contributed by atoms with van der Waals surface area (Å²) in [5.41, 5.74) is 1.35. The summed E-state index contributed by atoms with van der Waals surface area (Å²) in [6.07, 6.45) is 6.69. The van der Waals surface area contributed by atoms with Crippen LogP contribution in [0.1, 0.15) is 38.2 Å². The summed E-state index contributed by atoms with van der Waals surface area (Å²) < 4.78 is 0. The molecule has 0 spiro atoms. The standard InChI is InChI=1S/C15H22ClN/c1-2-17-15(9-8-12-6-7-12)11-13-4-3-5-14(16)10-13/h3-5,10,12,15,17H,2,6-9,11H2,1H3. The van der Waals surface area contributed by atoms with Gasteiger partial charge in [0.25, 0.3) is 0 Å². The van der Waals surface area contributed by atoms with Gasteiger partial charge in [-0.15, -0.1) is 0 Å². The van der Waals surface area contributed by atoms with Crippen molar-refractivity contribution < 1.29 is 0 Å². The lowest BCUT2D eigenvalue weighted by molar-refractivity contribution is 0.462. The molecule has 0 bridgehead atoms. The van der Waals surface area contributed by atoms with E-state index in [9.17, 15) is 0 Å². The first-order valence-electron chi connectivity index (χ1n) is 6.75. The van der Waals surface area contributed by atoms with Crippen molar-refractivity contribution in [3.8, 4) is 0 Å². The molecule has 17 heavy (non-hydrogen) atoms. The van der Waals surface area contributed by atoms with Gasteiger partial charge >= 0.3 is 0 Å². The van der Waals surface area contributed by atoms with Crippen LogP contribution in [-0.2, 0) is 6.42 Å². The van der Waals surface area contributed by atoms with Gasteiger partial charge in [-0.25, -0.2) is 0 Å². The SMILES string of the molecule is CCNC(CCC1CC1)Cc1cccc(Cl)c1. The summed E-state index contributed by atoms with van der Waals surface area (Å²) in [4.78, 5) is 0. The lowest BCUT2D eigenvalue weighted by Crippen LogP contribution is -2.31. The van der Waals surface area contributed by atoms with Crippen LogP contribution in [0.5, 0.6) is 0 Å². The monoisotopic (exact) mass is 251 g/mol. The predicted molar refractivity (Wildman–Crippen MR) is 74.6 cm³/mol. The first kappa shape index (κ1) is 12.9. The topological polar surface area (TPSA) is 12.0 Å². The number of hydrogen-bond acceptors (Lipinski definition) is 1. The molecule has 1 aliphatic rings. The molecule has 0 heterocycles. The van der Waals surface area contributed by atoms with Crippen molar-refractivity contribution in [2.45, 2.75) is 45.1 Å². The van der Waals surface area contributed by atoms with E-state index in [0.29, 0.717) is 6.04 Å². The molecule has 0 saturated heterocycles. The first-order chi connectivity index (χ1) is 8.28. The molecule has 2 rings (SSSR count). The van der Waals surface area contributed by atoms with Crippen molar-refractivity contribution in [3.05, 3.63) is 34.9 Å². The Bertz CT molecular complexity index is 347. The zero-order valence-corrected chi connectivity index (χ0v) is 11.3. The molecular formula is C15H22ClN. The lowest BCUT2D eigenvalue weighted by Gasteiger charge is -2.18. The maximum Gasteiger partial charge on any atom is 0.0408 e. The van der Waals surface area contributed by atoms with E-state index in [1.807, 2.05) is 12.1 Å². The molecule has 1 fully saturated rings. The number of nitrogens with one attached hydrogen (secondary N) is 1. The average molecular weight is 252 g/mol. The maximum atomic E-state index is 6.02. The van der Waals surface area contributed by atoms with Gasteiger partial charge in [0.05, 0.1) is 0 Å². The first-order valence-corrected chi connectivity index (χ1v) is 7.13. The van der Waals surface area contributed by atoms with Gasteiger partial charge in [0.15, 0.2) is 0 Å². The third-order valence-corrected chi connectivity index (χ3v) is 3.72. The minimum absolute atomic E-state index is 0.610. The van der Waals surface area contributed by atoms with Crippen molar-refractivity contribution >= 4 is 11.6 Å². The summed E-state index contributed by atoms with van der Waals surface area (Å²) in [6, 6.07) is 8.86. The van der Waals surface area contributed by atoms with E-state index in [4.69, 9.17) is 11.6 Å². The molecule has 0 radical (unpaired) electrons. The van der Waals surface area contributed by atoms with E-state index in [1.54, 1.807) is 0 Å². The molecule has 2 heteroatoms. The Morgan fingerprint density at radius 2 is 2.24 bits per heavy atom. The molecule has 1 atom stereocenters. The average Bonchev–Trinajstić information content (AvgIpc) is 3.10. The Labute approximate surface area is 110 Å². The highest BCUT2D eigenvalue weighted by molar-refractivity contribution is 6.30. The fraction of sp³-hybridized carbons (Fsp3) is 0.600. The summed E-state index contributed by atoms with van der Waals surface area (Å²) in [5, 5.41) is 4.44. The number of hydrogen-bond donors (Lipinski definition) is 1. The number of rotatable bonds is 7. The molecule has 94 valence electrons. The van der Waals surface area contributed by atoms with E-state index in [1.165, 1.54) is 31.2 Å². The van der Waals surface area contributed by atoms with Crippen LogP contribution in [-0.4, -0.2) is 12.6 Å². The second-order valence-corrected chi connectivity index (χ2v) is 5.55. The quantitative estimate of drug-likeness (QED) is 0.771. The van der Waals surface area contributed by atoms with Crippen molar-refractivity contribution in [2.75, 3.05) is 6.54 Å². The van der Waals surface area contributed by atoms with Crippen LogP contribution < -0.4 is 5.32 Å². The third kappa shape index (κ3) is 4.69. The molecule has 1 aliphatic carbocycles. The van der Waals surface area contributed by atoms with Crippen LogP contribution in [0.15, 0.2) is 24.3 Å². The predicted octanol–water partition coefficient (Wildman–Crippen LogP) is 4.05. The van der Waals surface area contributed by atoms with Gasteiger partial charge in [-0.05, 0) is 49.4 Å². The van der Waals surface area contributed by atoms with Gasteiger partial charge in [0.1, 0.15) is 0 Å². The smallest absolute Gasteiger partial charge is 0.0408 e.